The molecule has 0 bridgehead atoms. The van der Waals surface area contributed by atoms with Gasteiger partial charge < -0.3 is 14.8 Å². The van der Waals surface area contributed by atoms with Crippen LogP contribution in [0.25, 0.3) is 11.1 Å². The Hall–Kier alpha value is -3.11. The van der Waals surface area contributed by atoms with Crippen molar-refractivity contribution < 1.29 is 23.0 Å². The van der Waals surface area contributed by atoms with Crippen molar-refractivity contribution in [2.75, 3.05) is 32.1 Å². The summed E-state index contributed by atoms with van der Waals surface area (Å²) in [6.45, 7) is -0.803. The number of carbonyl (C=O) groups excluding carboxylic acids is 1. The molecule has 0 spiro atoms. The van der Waals surface area contributed by atoms with E-state index in [1.54, 1.807) is 43.5 Å². The third-order valence-corrected chi connectivity index (χ3v) is 5.14. The molecule has 1 saturated heterocycles. The summed E-state index contributed by atoms with van der Waals surface area (Å²) in [6.07, 6.45) is 6.80. The molecule has 7 heteroatoms. The molecule has 1 heterocycles. The predicted molar refractivity (Wildman–Crippen MR) is 112 cm³/mol. The standard InChI is InChI=1S/C23H24F2N2O3/c1-3-12-27-13-10-17(11-14-27)22(28)26-18-6-9-21(30-23(24)25)20(15-18)16-4-7-19(29-2)8-5-16/h1,4-9,15,17,23H,10-14H2,2H3,(H,26,28). The maximum Gasteiger partial charge on any atom is 0.387 e. The Labute approximate surface area is 175 Å². The number of nitrogens with zero attached hydrogens (tertiary/aromatic N) is 1. The first-order chi connectivity index (χ1) is 14.5. The molecule has 0 atom stereocenters. The minimum absolute atomic E-state index is 0.0377. The summed E-state index contributed by atoms with van der Waals surface area (Å²) in [5.74, 6) is 3.11. The van der Waals surface area contributed by atoms with Crippen molar-refractivity contribution in [3.63, 3.8) is 0 Å². The van der Waals surface area contributed by atoms with Crippen LogP contribution in [0.1, 0.15) is 12.8 Å². The Morgan fingerprint density at radius 3 is 2.53 bits per heavy atom. The van der Waals surface area contributed by atoms with Gasteiger partial charge in [-0.2, -0.15) is 8.78 Å². The van der Waals surface area contributed by atoms with Gasteiger partial charge in [-0.25, -0.2) is 0 Å². The number of anilines is 1. The molecular weight excluding hydrogens is 390 g/mol. The third kappa shape index (κ3) is 5.49. The van der Waals surface area contributed by atoms with E-state index in [0.717, 1.165) is 25.9 Å². The number of halogens is 2. The second-order valence-corrected chi connectivity index (χ2v) is 7.06. The van der Waals surface area contributed by atoms with Crippen LogP contribution < -0.4 is 14.8 Å². The highest BCUT2D eigenvalue weighted by Gasteiger charge is 2.25. The van der Waals surface area contributed by atoms with Crippen molar-refractivity contribution >= 4 is 11.6 Å². The molecule has 1 aliphatic rings. The normalized spacial score (nSPS) is 14.9. The number of nitrogens with one attached hydrogen (secondary N) is 1. The van der Waals surface area contributed by atoms with Crippen LogP contribution in [0, 0.1) is 18.3 Å². The lowest BCUT2D eigenvalue weighted by Gasteiger charge is -2.29. The minimum atomic E-state index is -2.95. The number of amides is 1. The van der Waals surface area contributed by atoms with Crippen molar-refractivity contribution in [2.24, 2.45) is 5.92 Å². The van der Waals surface area contributed by atoms with E-state index >= 15 is 0 Å². The van der Waals surface area contributed by atoms with Crippen molar-refractivity contribution in [1.82, 2.24) is 4.90 Å². The second kappa shape index (κ2) is 10.1. The minimum Gasteiger partial charge on any atom is -0.497 e. The molecule has 158 valence electrons. The van der Waals surface area contributed by atoms with E-state index in [1.807, 2.05) is 0 Å². The lowest BCUT2D eigenvalue weighted by Crippen LogP contribution is -2.38. The first kappa shape index (κ1) is 21.6. The highest BCUT2D eigenvalue weighted by Crippen LogP contribution is 2.35. The van der Waals surface area contributed by atoms with Gasteiger partial charge in [0.2, 0.25) is 5.91 Å². The van der Waals surface area contributed by atoms with Gasteiger partial charge in [-0.15, -0.1) is 6.42 Å². The topological polar surface area (TPSA) is 50.8 Å². The summed E-state index contributed by atoms with van der Waals surface area (Å²) in [4.78, 5) is 14.8. The summed E-state index contributed by atoms with van der Waals surface area (Å²) < 4.78 is 35.5. The fraction of sp³-hybridized carbons (Fsp3) is 0.348. The molecule has 2 aromatic rings. The quantitative estimate of drug-likeness (QED) is 0.689. The van der Waals surface area contributed by atoms with Crippen LogP contribution in [-0.2, 0) is 4.79 Å². The van der Waals surface area contributed by atoms with Gasteiger partial charge in [0, 0.05) is 17.2 Å². The van der Waals surface area contributed by atoms with Gasteiger partial charge in [-0.3, -0.25) is 9.69 Å². The summed E-state index contributed by atoms with van der Waals surface area (Å²) >= 11 is 0. The number of ether oxygens (including phenoxy) is 2. The molecule has 1 amide bonds. The number of piperidine rings is 1. The van der Waals surface area contributed by atoms with E-state index in [1.165, 1.54) is 6.07 Å². The number of alkyl halides is 2. The molecule has 0 aliphatic carbocycles. The summed E-state index contributed by atoms with van der Waals surface area (Å²) in [5.41, 5.74) is 1.66. The van der Waals surface area contributed by atoms with E-state index in [4.69, 9.17) is 11.2 Å². The van der Waals surface area contributed by atoms with Crippen molar-refractivity contribution in [2.45, 2.75) is 19.5 Å². The van der Waals surface area contributed by atoms with Gasteiger partial charge in [-0.1, -0.05) is 18.1 Å². The lowest BCUT2D eigenvalue weighted by molar-refractivity contribution is -0.121. The molecule has 0 unspecified atom stereocenters. The highest BCUT2D eigenvalue weighted by atomic mass is 19.3. The van der Waals surface area contributed by atoms with Crippen molar-refractivity contribution in [3.05, 3.63) is 42.5 Å². The van der Waals surface area contributed by atoms with E-state index in [0.29, 0.717) is 29.1 Å². The van der Waals surface area contributed by atoms with Gasteiger partial charge in [0.05, 0.1) is 13.7 Å². The molecule has 0 radical (unpaired) electrons. The highest BCUT2D eigenvalue weighted by molar-refractivity contribution is 5.93. The molecule has 1 fully saturated rings. The largest absolute Gasteiger partial charge is 0.497 e. The zero-order valence-electron chi connectivity index (χ0n) is 16.7. The number of hydrogen-bond acceptors (Lipinski definition) is 4. The number of rotatable bonds is 7. The van der Waals surface area contributed by atoms with Crippen LogP contribution in [0.3, 0.4) is 0 Å². The molecular formula is C23H24F2N2O3. The predicted octanol–water partition coefficient (Wildman–Crippen LogP) is 4.25. The van der Waals surface area contributed by atoms with E-state index in [9.17, 15) is 13.6 Å². The SMILES string of the molecule is C#CCN1CCC(C(=O)Nc2ccc(OC(F)F)c(-c3ccc(OC)cc3)c2)CC1. The number of likely N-dealkylation sites (tertiary alicyclic amines) is 1. The lowest BCUT2D eigenvalue weighted by atomic mass is 9.95. The first-order valence-corrected chi connectivity index (χ1v) is 9.70. The summed E-state index contributed by atoms with van der Waals surface area (Å²) in [7, 11) is 1.55. The van der Waals surface area contributed by atoms with E-state index in [-0.39, 0.29) is 17.6 Å². The van der Waals surface area contributed by atoms with Crippen LogP contribution in [-0.4, -0.2) is 44.2 Å². The van der Waals surface area contributed by atoms with E-state index < -0.39 is 6.61 Å². The maximum atomic E-state index is 12.8. The summed E-state index contributed by atoms with van der Waals surface area (Å²) in [5, 5.41) is 2.91. The number of terminal acetylenes is 1. The fourth-order valence-corrected chi connectivity index (χ4v) is 3.53. The van der Waals surface area contributed by atoms with Crippen LogP contribution >= 0.6 is 0 Å². The van der Waals surface area contributed by atoms with Crippen LogP contribution in [0.4, 0.5) is 14.5 Å². The van der Waals surface area contributed by atoms with Crippen molar-refractivity contribution in [1.29, 1.82) is 0 Å². The van der Waals surface area contributed by atoms with E-state index in [2.05, 4.69) is 20.9 Å². The molecule has 5 nitrogen and oxygen atoms in total. The zero-order chi connectivity index (χ0) is 21.5. The number of benzene rings is 2. The monoisotopic (exact) mass is 414 g/mol. The molecule has 0 aromatic heterocycles. The molecule has 1 aliphatic heterocycles. The van der Waals surface area contributed by atoms with Gasteiger partial charge >= 0.3 is 6.61 Å². The Morgan fingerprint density at radius 2 is 1.93 bits per heavy atom. The molecule has 1 N–H and O–H groups in total. The Bertz CT molecular complexity index is 902. The Balaban J connectivity index is 1.77. The average Bonchev–Trinajstić information content (AvgIpc) is 2.75. The molecule has 0 saturated carbocycles. The van der Waals surface area contributed by atoms with Gasteiger partial charge in [0.1, 0.15) is 11.5 Å². The van der Waals surface area contributed by atoms with Gasteiger partial charge in [-0.05, 0) is 61.8 Å². The average molecular weight is 414 g/mol. The first-order valence-electron chi connectivity index (χ1n) is 9.70. The Morgan fingerprint density at radius 1 is 1.23 bits per heavy atom. The van der Waals surface area contributed by atoms with Gasteiger partial charge in [0.15, 0.2) is 0 Å². The summed E-state index contributed by atoms with van der Waals surface area (Å²) in [6, 6.07) is 11.6. The molecule has 30 heavy (non-hydrogen) atoms. The number of hydrogen-bond donors (Lipinski definition) is 1. The van der Waals surface area contributed by atoms with Crippen molar-refractivity contribution in [3.8, 4) is 35.0 Å². The van der Waals surface area contributed by atoms with Crippen LogP contribution in [0.15, 0.2) is 42.5 Å². The smallest absolute Gasteiger partial charge is 0.387 e. The maximum absolute atomic E-state index is 12.8. The number of carbonyl (C=O) groups is 1. The van der Waals surface area contributed by atoms with Gasteiger partial charge in [0.25, 0.3) is 0 Å². The van der Waals surface area contributed by atoms with Crippen LogP contribution in [0.5, 0.6) is 11.5 Å². The fourth-order valence-electron chi connectivity index (χ4n) is 3.53. The van der Waals surface area contributed by atoms with Crippen LogP contribution in [0.2, 0.25) is 0 Å². The zero-order valence-corrected chi connectivity index (χ0v) is 16.7. The molecule has 2 aromatic carbocycles. The number of methoxy groups -OCH3 is 1. The third-order valence-electron chi connectivity index (χ3n) is 5.14. The molecule has 3 rings (SSSR count). The Kier molecular flexibility index (Phi) is 7.26. The second-order valence-electron chi connectivity index (χ2n) is 7.06.